The molecule has 0 radical (unpaired) electrons. The molecule has 0 aliphatic rings. The lowest BCUT2D eigenvalue weighted by atomic mass is 10.1. The van der Waals surface area contributed by atoms with Crippen LogP contribution in [0, 0.1) is 0 Å². The van der Waals surface area contributed by atoms with Gasteiger partial charge in [-0.25, -0.2) is 0 Å². The maximum absolute atomic E-state index is 5.83. The molecule has 0 atom stereocenters. The fraction of sp³-hybridized carbons (Fsp3) is 0.467. The molecule has 0 aliphatic carbocycles. The summed E-state index contributed by atoms with van der Waals surface area (Å²) in [5.41, 5.74) is 4.69. The van der Waals surface area contributed by atoms with Crippen molar-refractivity contribution >= 4 is 14.9 Å². The Hall–Kier alpha value is -0.903. The Labute approximate surface area is 112 Å². The van der Waals surface area contributed by atoms with E-state index in [-0.39, 0.29) is 0 Å². The molecule has 0 bridgehead atoms. The van der Waals surface area contributed by atoms with Crippen LogP contribution in [-0.2, 0) is 8.85 Å². The molecule has 0 saturated carbocycles. The van der Waals surface area contributed by atoms with E-state index in [1.165, 1.54) is 11.1 Å². The SMILES string of the molecule is CCCO[SiH](C=C(C)c1ccccc1)OCCC. The molecule has 18 heavy (non-hydrogen) atoms. The number of benzene rings is 1. The molecule has 2 nitrogen and oxygen atoms in total. The molecular formula is C15H24O2Si. The second-order valence-electron chi connectivity index (χ2n) is 4.33. The van der Waals surface area contributed by atoms with Crippen LogP contribution in [0.2, 0.25) is 0 Å². The third kappa shape index (κ3) is 5.62. The van der Waals surface area contributed by atoms with Gasteiger partial charge in [0.15, 0.2) is 0 Å². The van der Waals surface area contributed by atoms with Gasteiger partial charge in [-0.3, -0.25) is 0 Å². The Kier molecular flexibility index (Phi) is 7.65. The lowest BCUT2D eigenvalue weighted by molar-refractivity contribution is 0.206. The van der Waals surface area contributed by atoms with Gasteiger partial charge in [-0.15, -0.1) is 0 Å². The van der Waals surface area contributed by atoms with Crippen LogP contribution in [0.4, 0.5) is 0 Å². The Morgan fingerprint density at radius 1 is 1.06 bits per heavy atom. The van der Waals surface area contributed by atoms with Crippen LogP contribution in [0.3, 0.4) is 0 Å². The second kappa shape index (κ2) is 9.08. The van der Waals surface area contributed by atoms with Gasteiger partial charge in [-0.2, -0.15) is 0 Å². The first-order valence-corrected chi connectivity index (χ1v) is 8.36. The molecule has 3 heteroatoms. The highest BCUT2D eigenvalue weighted by atomic mass is 28.3. The van der Waals surface area contributed by atoms with Crippen LogP contribution >= 0.6 is 0 Å². The molecule has 0 aliphatic heterocycles. The average molecular weight is 264 g/mol. The van der Waals surface area contributed by atoms with Gasteiger partial charge in [0.25, 0.3) is 0 Å². The van der Waals surface area contributed by atoms with E-state index >= 15 is 0 Å². The average Bonchev–Trinajstić information content (AvgIpc) is 2.42. The molecule has 0 saturated heterocycles. The fourth-order valence-corrected chi connectivity index (χ4v) is 3.44. The van der Waals surface area contributed by atoms with E-state index in [0.29, 0.717) is 0 Å². The molecule has 0 aromatic heterocycles. The smallest absolute Gasteiger partial charge is 0.348 e. The van der Waals surface area contributed by atoms with Gasteiger partial charge >= 0.3 is 9.28 Å². The van der Waals surface area contributed by atoms with Gasteiger partial charge in [-0.05, 0) is 36.6 Å². The molecule has 0 heterocycles. The monoisotopic (exact) mass is 264 g/mol. The van der Waals surface area contributed by atoms with Crippen molar-refractivity contribution in [1.82, 2.24) is 0 Å². The molecule has 0 spiro atoms. The van der Waals surface area contributed by atoms with Gasteiger partial charge < -0.3 is 8.85 Å². The molecule has 100 valence electrons. The van der Waals surface area contributed by atoms with Gasteiger partial charge in [0, 0.05) is 13.2 Å². The van der Waals surface area contributed by atoms with Crippen molar-refractivity contribution in [2.24, 2.45) is 0 Å². The Balaban J connectivity index is 2.66. The summed E-state index contributed by atoms with van der Waals surface area (Å²) in [4.78, 5) is 0. The maximum Gasteiger partial charge on any atom is 0.348 e. The number of allylic oxidation sites excluding steroid dienone is 1. The largest absolute Gasteiger partial charge is 0.394 e. The molecule has 0 amide bonds. The fourth-order valence-electron chi connectivity index (χ4n) is 1.61. The summed E-state index contributed by atoms with van der Waals surface area (Å²) < 4.78 is 11.7. The Morgan fingerprint density at radius 3 is 2.11 bits per heavy atom. The van der Waals surface area contributed by atoms with Gasteiger partial charge in [-0.1, -0.05) is 44.2 Å². The van der Waals surface area contributed by atoms with E-state index in [1.807, 2.05) is 6.07 Å². The van der Waals surface area contributed by atoms with Crippen molar-refractivity contribution in [3.8, 4) is 0 Å². The summed E-state index contributed by atoms with van der Waals surface area (Å²) in [7, 11) is -1.66. The van der Waals surface area contributed by atoms with Gasteiger partial charge in [0.1, 0.15) is 0 Å². The summed E-state index contributed by atoms with van der Waals surface area (Å²) in [6.45, 7) is 7.95. The predicted octanol–water partition coefficient (Wildman–Crippen LogP) is 3.70. The van der Waals surface area contributed by atoms with E-state index in [1.54, 1.807) is 0 Å². The zero-order chi connectivity index (χ0) is 13.2. The van der Waals surface area contributed by atoms with Crippen LogP contribution in [0.5, 0.6) is 0 Å². The third-order valence-electron chi connectivity index (χ3n) is 2.59. The highest BCUT2D eigenvalue weighted by molar-refractivity contribution is 6.52. The normalized spacial score (nSPS) is 12.1. The van der Waals surface area contributed by atoms with Crippen molar-refractivity contribution in [3.05, 3.63) is 41.6 Å². The standard InChI is InChI=1S/C15H24O2Si/c1-4-11-16-18(17-12-5-2)13-14(3)15-9-7-6-8-10-15/h6-10,13,18H,4-5,11-12H2,1-3H3. The van der Waals surface area contributed by atoms with E-state index in [4.69, 9.17) is 8.85 Å². The zero-order valence-corrected chi connectivity index (χ0v) is 12.8. The van der Waals surface area contributed by atoms with Crippen molar-refractivity contribution in [2.75, 3.05) is 13.2 Å². The molecule has 0 fully saturated rings. The molecule has 1 aromatic carbocycles. The van der Waals surface area contributed by atoms with Crippen LogP contribution in [0.1, 0.15) is 39.2 Å². The lowest BCUT2D eigenvalue weighted by Crippen LogP contribution is -2.22. The quantitative estimate of drug-likeness (QED) is 0.667. The highest BCUT2D eigenvalue weighted by Gasteiger charge is 2.10. The molecular weight excluding hydrogens is 240 g/mol. The third-order valence-corrected chi connectivity index (χ3v) is 4.49. The molecule has 1 rings (SSSR count). The van der Waals surface area contributed by atoms with Crippen LogP contribution in [0.25, 0.3) is 5.57 Å². The minimum absolute atomic E-state index is 0.791. The van der Waals surface area contributed by atoms with E-state index in [0.717, 1.165) is 26.1 Å². The minimum Gasteiger partial charge on any atom is -0.394 e. The topological polar surface area (TPSA) is 18.5 Å². The molecule has 1 aromatic rings. The minimum atomic E-state index is -1.66. The summed E-state index contributed by atoms with van der Waals surface area (Å²) in [5, 5.41) is 0. The molecule has 0 N–H and O–H groups in total. The van der Waals surface area contributed by atoms with E-state index in [9.17, 15) is 0 Å². The van der Waals surface area contributed by atoms with Gasteiger partial charge in [0.05, 0.1) is 0 Å². The first-order chi connectivity index (χ1) is 8.77. The maximum atomic E-state index is 5.83. The summed E-state index contributed by atoms with van der Waals surface area (Å²) in [5.74, 6) is 0. The van der Waals surface area contributed by atoms with Crippen molar-refractivity contribution in [2.45, 2.75) is 33.6 Å². The number of rotatable bonds is 8. The predicted molar refractivity (Wildman–Crippen MR) is 79.7 cm³/mol. The highest BCUT2D eigenvalue weighted by Crippen LogP contribution is 2.14. The number of hydrogen-bond donors (Lipinski definition) is 0. The summed E-state index contributed by atoms with van der Waals surface area (Å²) in [6.07, 6.45) is 2.08. The number of hydrogen-bond acceptors (Lipinski definition) is 2. The van der Waals surface area contributed by atoms with Crippen LogP contribution in [-0.4, -0.2) is 22.5 Å². The summed E-state index contributed by atoms with van der Waals surface area (Å²) >= 11 is 0. The van der Waals surface area contributed by atoms with Crippen LogP contribution < -0.4 is 0 Å². The second-order valence-corrected chi connectivity index (χ2v) is 6.06. The lowest BCUT2D eigenvalue weighted by Gasteiger charge is -2.14. The van der Waals surface area contributed by atoms with Crippen LogP contribution in [0.15, 0.2) is 36.0 Å². The van der Waals surface area contributed by atoms with Crippen molar-refractivity contribution in [3.63, 3.8) is 0 Å². The summed E-state index contributed by atoms with van der Waals surface area (Å²) in [6, 6.07) is 10.4. The Morgan fingerprint density at radius 2 is 1.61 bits per heavy atom. The first kappa shape index (κ1) is 15.2. The zero-order valence-electron chi connectivity index (χ0n) is 11.7. The van der Waals surface area contributed by atoms with Gasteiger partial charge in [0.2, 0.25) is 0 Å². The van der Waals surface area contributed by atoms with Crippen molar-refractivity contribution < 1.29 is 8.85 Å². The first-order valence-electron chi connectivity index (χ1n) is 6.75. The van der Waals surface area contributed by atoms with Crippen molar-refractivity contribution in [1.29, 1.82) is 0 Å². The Bertz CT molecular complexity index is 341. The van der Waals surface area contributed by atoms with E-state index in [2.05, 4.69) is 50.7 Å². The molecule has 0 unspecified atom stereocenters. The van der Waals surface area contributed by atoms with E-state index < -0.39 is 9.28 Å².